The van der Waals surface area contributed by atoms with Gasteiger partial charge in [0.05, 0.1) is 25.5 Å². The van der Waals surface area contributed by atoms with Gasteiger partial charge in [-0.05, 0) is 30.2 Å². The number of nitrogens with zero attached hydrogens (tertiary/aromatic N) is 5. The minimum absolute atomic E-state index is 0.101. The number of amides is 1. The molecule has 32 heavy (non-hydrogen) atoms. The molecular formula is C22H24ClN7O2. The summed E-state index contributed by atoms with van der Waals surface area (Å²) in [5.41, 5.74) is 8.75. The van der Waals surface area contributed by atoms with Gasteiger partial charge in [-0.1, -0.05) is 25.4 Å². The first kappa shape index (κ1) is 21.8. The Morgan fingerprint density at radius 1 is 1.34 bits per heavy atom. The lowest BCUT2D eigenvalue weighted by Crippen LogP contribution is -2.31. The molecule has 0 saturated carbocycles. The van der Waals surface area contributed by atoms with Crippen LogP contribution in [0.5, 0.6) is 5.75 Å². The number of benzene rings is 1. The van der Waals surface area contributed by atoms with Crippen LogP contribution < -0.4 is 15.8 Å². The molecule has 166 valence electrons. The van der Waals surface area contributed by atoms with Crippen molar-refractivity contribution in [2.45, 2.75) is 26.4 Å². The van der Waals surface area contributed by atoms with Crippen molar-refractivity contribution in [3.8, 4) is 17.0 Å². The van der Waals surface area contributed by atoms with Gasteiger partial charge in [0.25, 0.3) is 5.91 Å². The molecule has 10 heteroatoms. The number of methoxy groups -OCH3 is 1. The van der Waals surface area contributed by atoms with Crippen molar-refractivity contribution >= 4 is 28.8 Å². The molecule has 3 aromatic heterocycles. The van der Waals surface area contributed by atoms with Crippen molar-refractivity contribution in [2.75, 3.05) is 12.4 Å². The molecule has 3 N–H and O–H groups in total. The van der Waals surface area contributed by atoms with E-state index >= 15 is 0 Å². The molecule has 0 radical (unpaired) electrons. The number of carbonyl (C=O) groups is 1. The smallest absolute Gasteiger partial charge is 0.261 e. The number of hydrogen-bond donors (Lipinski definition) is 2. The van der Waals surface area contributed by atoms with Crippen molar-refractivity contribution in [1.29, 1.82) is 0 Å². The van der Waals surface area contributed by atoms with Crippen LogP contribution in [-0.2, 0) is 6.54 Å². The van der Waals surface area contributed by atoms with Crippen LogP contribution in [0.15, 0.2) is 49.1 Å². The van der Waals surface area contributed by atoms with E-state index in [0.717, 1.165) is 0 Å². The third-order valence-corrected chi connectivity index (χ3v) is 5.44. The number of nitrogens with one attached hydrogen (secondary N) is 1. The molecule has 0 aliphatic rings. The zero-order chi connectivity index (χ0) is 22.8. The minimum Gasteiger partial charge on any atom is -0.496 e. The van der Waals surface area contributed by atoms with Gasteiger partial charge in [0, 0.05) is 35.2 Å². The lowest BCUT2D eigenvalue weighted by Gasteiger charge is -2.15. The summed E-state index contributed by atoms with van der Waals surface area (Å²) in [5, 5.41) is 12.3. The first-order valence-corrected chi connectivity index (χ1v) is 10.5. The van der Waals surface area contributed by atoms with E-state index in [0.29, 0.717) is 45.5 Å². The summed E-state index contributed by atoms with van der Waals surface area (Å²) in [7, 11) is 1.57. The Bertz CT molecular complexity index is 1260. The van der Waals surface area contributed by atoms with E-state index in [2.05, 4.69) is 29.2 Å². The normalized spacial score (nSPS) is 12.3. The Balaban J connectivity index is 1.75. The van der Waals surface area contributed by atoms with E-state index in [1.165, 1.54) is 6.20 Å². The SMILES string of the molecule is COc1ccc(Cl)cc1-c1nn(C[C@H](N)C(C)C)cc1NC(=O)c1cnn2cccnc12. The highest BCUT2D eigenvalue weighted by Gasteiger charge is 2.21. The van der Waals surface area contributed by atoms with Gasteiger partial charge in [0.15, 0.2) is 5.65 Å². The van der Waals surface area contributed by atoms with Gasteiger partial charge in [-0.15, -0.1) is 0 Å². The van der Waals surface area contributed by atoms with Crippen LogP contribution >= 0.6 is 11.6 Å². The summed E-state index contributed by atoms with van der Waals surface area (Å²) in [6, 6.07) is 6.89. The molecule has 1 amide bonds. The molecule has 3 heterocycles. The standard InChI is InChI=1S/C22H24ClN7O2/c1-13(2)17(24)11-29-12-18(20(28-29)15-9-14(23)5-6-19(15)32-3)27-22(31)16-10-26-30-8-4-7-25-21(16)30/h4-10,12-13,17H,11,24H2,1-3H3,(H,27,31)/t17-/m0/s1. The van der Waals surface area contributed by atoms with E-state index in [1.54, 1.807) is 59.2 Å². The number of fused-ring (bicyclic) bond motifs is 1. The fourth-order valence-electron chi connectivity index (χ4n) is 3.27. The molecule has 9 nitrogen and oxygen atoms in total. The van der Waals surface area contributed by atoms with Crippen molar-refractivity contribution in [2.24, 2.45) is 11.7 Å². The first-order valence-electron chi connectivity index (χ1n) is 10.1. The van der Waals surface area contributed by atoms with Crippen molar-refractivity contribution in [3.05, 3.63) is 59.6 Å². The maximum atomic E-state index is 13.1. The fraction of sp³-hybridized carbons (Fsp3) is 0.273. The van der Waals surface area contributed by atoms with Gasteiger partial charge in [0.1, 0.15) is 17.0 Å². The largest absolute Gasteiger partial charge is 0.496 e. The van der Waals surface area contributed by atoms with Crippen LogP contribution in [0, 0.1) is 5.92 Å². The predicted molar refractivity (Wildman–Crippen MR) is 123 cm³/mol. The third-order valence-electron chi connectivity index (χ3n) is 5.20. The summed E-state index contributed by atoms with van der Waals surface area (Å²) < 4.78 is 8.77. The van der Waals surface area contributed by atoms with Crippen molar-refractivity contribution < 1.29 is 9.53 Å². The van der Waals surface area contributed by atoms with Gasteiger partial charge in [-0.25, -0.2) is 9.50 Å². The second-order valence-corrected chi connectivity index (χ2v) is 8.20. The highest BCUT2D eigenvalue weighted by atomic mass is 35.5. The summed E-state index contributed by atoms with van der Waals surface area (Å²) in [6.07, 6.45) is 6.58. The average molecular weight is 454 g/mol. The number of anilines is 1. The number of hydrogen-bond acceptors (Lipinski definition) is 6. The van der Waals surface area contributed by atoms with Crippen LogP contribution in [0.1, 0.15) is 24.2 Å². The number of aromatic nitrogens is 5. The number of rotatable bonds is 7. The second kappa shape index (κ2) is 8.97. The Morgan fingerprint density at radius 2 is 2.16 bits per heavy atom. The Labute approximate surface area is 190 Å². The monoisotopic (exact) mass is 453 g/mol. The van der Waals surface area contributed by atoms with E-state index < -0.39 is 0 Å². The molecule has 0 aliphatic heterocycles. The van der Waals surface area contributed by atoms with Crippen LogP contribution in [-0.4, -0.2) is 43.4 Å². The van der Waals surface area contributed by atoms with Gasteiger partial charge >= 0.3 is 0 Å². The molecule has 4 aromatic rings. The van der Waals surface area contributed by atoms with Crippen LogP contribution in [0.25, 0.3) is 16.9 Å². The zero-order valence-electron chi connectivity index (χ0n) is 18.0. The highest BCUT2D eigenvalue weighted by molar-refractivity contribution is 6.31. The van der Waals surface area contributed by atoms with Gasteiger partial charge in [-0.2, -0.15) is 10.2 Å². The molecule has 4 rings (SSSR count). The van der Waals surface area contributed by atoms with E-state index in [1.807, 2.05) is 0 Å². The summed E-state index contributed by atoms with van der Waals surface area (Å²) in [4.78, 5) is 17.4. The Morgan fingerprint density at radius 3 is 2.91 bits per heavy atom. The topological polar surface area (TPSA) is 112 Å². The molecular weight excluding hydrogens is 430 g/mol. The Hall–Kier alpha value is -3.43. The number of ether oxygens (including phenoxy) is 1. The lowest BCUT2D eigenvalue weighted by molar-refractivity contribution is 0.102. The van der Waals surface area contributed by atoms with Gasteiger partial charge in [-0.3, -0.25) is 9.48 Å². The zero-order valence-corrected chi connectivity index (χ0v) is 18.7. The Kier molecular flexibility index (Phi) is 6.11. The minimum atomic E-state index is -0.353. The molecule has 0 spiro atoms. The highest BCUT2D eigenvalue weighted by Crippen LogP contribution is 2.36. The maximum Gasteiger partial charge on any atom is 0.261 e. The van der Waals surface area contributed by atoms with Gasteiger partial charge in [0.2, 0.25) is 0 Å². The predicted octanol–water partition coefficient (Wildman–Crippen LogP) is 3.49. The van der Waals surface area contributed by atoms with E-state index in [4.69, 9.17) is 27.2 Å². The van der Waals surface area contributed by atoms with Crippen molar-refractivity contribution in [3.63, 3.8) is 0 Å². The maximum absolute atomic E-state index is 13.1. The fourth-order valence-corrected chi connectivity index (χ4v) is 3.45. The number of nitrogens with two attached hydrogens (primary N) is 1. The summed E-state index contributed by atoms with van der Waals surface area (Å²) in [5.74, 6) is 0.501. The molecule has 0 aliphatic carbocycles. The van der Waals surface area contributed by atoms with E-state index in [9.17, 15) is 4.79 Å². The second-order valence-electron chi connectivity index (χ2n) is 7.77. The van der Waals surface area contributed by atoms with Crippen LogP contribution in [0.2, 0.25) is 5.02 Å². The first-order chi connectivity index (χ1) is 15.4. The summed E-state index contributed by atoms with van der Waals surface area (Å²) >= 11 is 6.24. The van der Waals surface area contributed by atoms with Crippen molar-refractivity contribution in [1.82, 2.24) is 24.4 Å². The van der Waals surface area contributed by atoms with Gasteiger partial charge < -0.3 is 15.8 Å². The molecule has 0 unspecified atom stereocenters. The molecule has 1 atom stereocenters. The molecule has 0 fully saturated rings. The quantitative estimate of drug-likeness (QED) is 0.443. The molecule has 0 saturated heterocycles. The average Bonchev–Trinajstić information content (AvgIpc) is 3.37. The molecule has 1 aromatic carbocycles. The van der Waals surface area contributed by atoms with E-state index in [-0.39, 0.29) is 17.9 Å². The third kappa shape index (κ3) is 4.30. The number of carbonyl (C=O) groups excluding carboxylic acids is 1. The van der Waals surface area contributed by atoms with Crippen LogP contribution in [0.3, 0.4) is 0 Å². The number of halogens is 1. The molecule has 0 bridgehead atoms. The van der Waals surface area contributed by atoms with Crippen LogP contribution in [0.4, 0.5) is 5.69 Å². The lowest BCUT2D eigenvalue weighted by atomic mass is 10.1. The summed E-state index contributed by atoms with van der Waals surface area (Å²) in [6.45, 7) is 4.59.